The van der Waals surface area contributed by atoms with Crippen LogP contribution in [-0.2, 0) is 4.74 Å². The summed E-state index contributed by atoms with van der Waals surface area (Å²) in [6.07, 6.45) is 0.553. The van der Waals surface area contributed by atoms with Gasteiger partial charge in [-0.25, -0.2) is 4.98 Å². The summed E-state index contributed by atoms with van der Waals surface area (Å²) in [6.45, 7) is 0.727. The predicted octanol–water partition coefficient (Wildman–Crippen LogP) is 3.83. The molecule has 7 nitrogen and oxygen atoms in total. The van der Waals surface area contributed by atoms with Gasteiger partial charge in [-0.15, -0.1) is 0 Å². The van der Waals surface area contributed by atoms with Crippen LogP contribution in [0.4, 0.5) is 5.13 Å². The predicted molar refractivity (Wildman–Crippen MR) is 111 cm³/mol. The molecule has 0 radical (unpaired) electrons. The average Bonchev–Trinajstić information content (AvgIpc) is 3.20. The van der Waals surface area contributed by atoms with Crippen LogP contribution >= 0.6 is 22.9 Å². The van der Waals surface area contributed by atoms with Gasteiger partial charge in [0, 0.05) is 30.8 Å². The lowest BCUT2D eigenvalue weighted by atomic mass is 10.1. The summed E-state index contributed by atoms with van der Waals surface area (Å²) in [4.78, 5) is 43.2. The molecule has 4 rings (SSSR count). The third-order valence-corrected chi connectivity index (χ3v) is 5.70. The molecule has 0 saturated carbocycles. The quantitative estimate of drug-likeness (QED) is 0.475. The number of amides is 3. The number of benzene rings is 2. The van der Waals surface area contributed by atoms with E-state index in [0.717, 1.165) is 10.2 Å². The van der Waals surface area contributed by atoms with E-state index in [0.29, 0.717) is 28.7 Å². The topological polar surface area (TPSA) is 88.6 Å². The van der Waals surface area contributed by atoms with Crippen LogP contribution in [0.25, 0.3) is 10.2 Å². The Morgan fingerprint density at radius 2 is 1.97 bits per heavy atom. The molecule has 0 fully saturated rings. The zero-order chi connectivity index (χ0) is 20.5. The molecule has 3 aromatic rings. The van der Waals surface area contributed by atoms with E-state index in [2.05, 4.69) is 10.3 Å². The number of nitrogens with one attached hydrogen (secondary N) is 1. The maximum absolute atomic E-state index is 12.6. The number of ether oxygens (including phenoxy) is 1. The SMILES string of the molecule is COCCCN1C(=O)c2ccc(C(=O)Nc3nc4ccc(Cl)cc4s3)cc2C1=O. The standard InChI is InChI=1S/C20H16ClN3O4S/c1-28-8-2-7-24-18(26)13-5-3-11(9-14(13)19(24)27)17(25)23-20-22-15-6-4-12(21)10-16(15)29-20/h3-6,9-10H,2,7-8H2,1H3,(H,22,23,25). The van der Waals surface area contributed by atoms with Crippen molar-refractivity contribution in [3.63, 3.8) is 0 Å². The Balaban J connectivity index is 1.53. The summed E-state index contributed by atoms with van der Waals surface area (Å²) in [7, 11) is 1.56. The summed E-state index contributed by atoms with van der Waals surface area (Å²) in [5, 5.41) is 3.76. The van der Waals surface area contributed by atoms with Crippen LogP contribution in [0.5, 0.6) is 0 Å². The first-order valence-corrected chi connectivity index (χ1v) is 10.0. The Bertz CT molecular complexity index is 1140. The molecule has 1 aliphatic heterocycles. The van der Waals surface area contributed by atoms with Crippen LogP contribution < -0.4 is 5.32 Å². The number of hydrogen-bond acceptors (Lipinski definition) is 6. The molecule has 1 aliphatic rings. The van der Waals surface area contributed by atoms with Crippen LogP contribution in [0, 0.1) is 0 Å². The molecule has 1 N–H and O–H groups in total. The molecule has 0 atom stereocenters. The number of rotatable bonds is 6. The first-order chi connectivity index (χ1) is 14.0. The van der Waals surface area contributed by atoms with Crippen molar-refractivity contribution in [2.45, 2.75) is 6.42 Å². The monoisotopic (exact) mass is 429 g/mol. The van der Waals surface area contributed by atoms with Crippen molar-refractivity contribution in [3.05, 3.63) is 58.1 Å². The van der Waals surface area contributed by atoms with Crippen LogP contribution in [0.1, 0.15) is 37.5 Å². The fourth-order valence-corrected chi connectivity index (χ4v) is 4.26. The number of hydrogen-bond donors (Lipinski definition) is 1. The highest BCUT2D eigenvalue weighted by atomic mass is 35.5. The van der Waals surface area contributed by atoms with Gasteiger partial charge in [-0.2, -0.15) is 0 Å². The number of fused-ring (bicyclic) bond motifs is 2. The maximum Gasteiger partial charge on any atom is 0.261 e. The molecule has 0 spiro atoms. The highest BCUT2D eigenvalue weighted by Crippen LogP contribution is 2.29. The highest BCUT2D eigenvalue weighted by Gasteiger charge is 2.35. The van der Waals surface area contributed by atoms with Gasteiger partial charge in [0.25, 0.3) is 17.7 Å². The fourth-order valence-electron chi connectivity index (χ4n) is 3.12. The number of carbonyl (C=O) groups is 3. The molecule has 148 valence electrons. The summed E-state index contributed by atoms with van der Waals surface area (Å²) < 4.78 is 5.83. The Kier molecular flexibility index (Phi) is 5.31. The van der Waals surface area contributed by atoms with Gasteiger partial charge in [0.15, 0.2) is 5.13 Å². The van der Waals surface area contributed by atoms with Gasteiger partial charge in [0.1, 0.15) is 0 Å². The van der Waals surface area contributed by atoms with Crippen LogP contribution in [0.15, 0.2) is 36.4 Å². The number of nitrogens with zero attached hydrogens (tertiary/aromatic N) is 2. The van der Waals surface area contributed by atoms with E-state index in [9.17, 15) is 14.4 Å². The minimum atomic E-state index is -0.406. The number of imide groups is 1. The molecule has 0 bridgehead atoms. The Hall–Kier alpha value is -2.81. The molecule has 0 saturated heterocycles. The number of halogens is 1. The van der Waals surface area contributed by atoms with Gasteiger partial charge in [0.2, 0.25) is 0 Å². The summed E-state index contributed by atoms with van der Waals surface area (Å²) >= 11 is 7.29. The van der Waals surface area contributed by atoms with Crippen molar-refractivity contribution in [2.75, 3.05) is 25.6 Å². The van der Waals surface area contributed by atoms with Gasteiger partial charge < -0.3 is 4.74 Å². The summed E-state index contributed by atoms with van der Waals surface area (Å²) in [5.74, 6) is -1.16. The molecule has 3 amide bonds. The number of thiazole rings is 1. The van der Waals surface area contributed by atoms with Crippen LogP contribution in [0.2, 0.25) is 5.02 Å². The first-order valence-electron chi connectivity index (χ1n) is 8.84. The average molecular weight is 430 g/mol. The Morgan fingerprint density at radius 1 is 1.17 bits per heavy atom. The fraction of sp³-hybridized carbons (Fsp3) is 0.200. The third kappa shape index (κ3) is 3.74. The lowest BCUT2D eigenvalue weighted by Gasteiger charge is -2.12. The zero-order valence-electron chi connectivity index (χ0n) is 15.4. The van der Waals surface area contributed by atoms with E-state index in [1.807, 2.05) is 0 Å². The minimum Gasteiger partial charge on any atom is -0.385 e. The molecule has 9 heteroatoms. The smallest absolute Gasteiger partial charge is 0.261 e. The van der Waals surface area contributed by atoms with Crippen molar-refractivity contribution in [2.24, 2.45) is 0 Å². The maximum atomic E-state index is 12.6. The van der Waals surface area contributed by atoms with Crippen molar-refractivity contribution in [1.82, 2.24) is 9.88 Å². The molecular formula is C20H16ClN3O4S. The van der Waals surface area contributed by atoms with E-state index in [-0.39, 0.29) is 23.6 Å². The lowest BCUT2D eigenvalue weighted by molar-refractivity contribution is 0.0638. The third-order valence-electron chi connectivity index (χ3n) is 4.53. The van der Waals surface area contributed by atoms with E-state index in [4.69, 9.17) is 16.3 Å². The van der Waals surface area contributed by atoms with Gasteiger partial charge >= 0.3 is 0 Å². The van der Waals surface area contributed by atoms with Gasteiger partial charge in [-0.1, -0.05) is 22.9 Å². The summed E-state index contributed by atoms with van der Waals surface area (Å²) in [5.41, 5.74) is 1.55. The molecule has 2 heterocycles. The Morgan fingerprint density at radius 3 is 2.76 bits per heavy atom. The first kappa shape index (κ1) is 19.5. The van der Waals surface area contributed by atoms with E-state index in [1.165, 1.54) is 34.4 Å². The number of anilines is 1. The lowest BCUT2D eigenvalue weighted by Crippen LogP contribution is -2.31. The summed E-state index contributed by atoms with van der Waals surface area (Å²) in [6, 6.07) is 9.78. The largest absolute Gasteiger partial charge is 0.385 e. The zero-order valence-corrected chi connectivity index (χ0v) is 17.0. The van der Waals surface area contributed by atoms with Crippen molar-refractivity contribution in [1.29, 1.82) is 0 Å². The van der Waals surface area contributed by atoms with Crippen molar-refractivity contribution < 1.29 is 19.1 Å². The molecule has 0 unspecified atom stereocenters. The molecule has 0 aliphatic carbocycles. The van der Waals surface area contributed by atoms with Crippen LogP contribution in [-0.4, -0.2) is 47.9 Å². The number of methoxy groups -OCH3 is 1. The second-order valence-corrected chi connectivity index (χ2v) is 7.92. The van der Waals surface area contributed by atoms with Gasteiger partial charge in [0.05, 0.1) is 21.3 Å². The van der Waals surface area contributed by atoms with Crippen molar-refractivity contribution >= 4 is 56.0 Å². The van der Waals surface area contributed by atoms with E-state index in [1.54, 1.807) is 25.3 Å². The second kappa shape index (κ2) is 7.90. The minimum absolute atomic E-state index is 0.233. The molecule has 2 aromatic carbocycles. The highest BCUT2D eigenvalue weighted by molar-refractivity contribution is 7.22. The number of aromatic nitrogens is 1. The van der Waals surface area contributed by atoms with Gasteiger partial charge in [-0.05, 0) is 42.8 Å². The van der Waals surface area contributed by atoms with E-state index >= 15 is 0 Å². The Labute approximate surface area is 175 Å². The molecule has 29 heavy (non-hydrogen) atoms. The number of carbonyl (C=O) groups excluding carboxylic acids is 3. The second-order valence-electron chi connectivity index (χ2n) is 6.45. The van der Waals surface area contributed by atoms with E-state index < -0.39 is 11.8 Å². The molecular weight excluding hydrogens is 414 g/mol. The molecule has 1 aromatic heterocycles. The normalized spacial score (nSPS) is 13.2. The van der Waals surface area contributed by atoms with Gasteiger partial charge in [-0.3, -0.25) is 24.6 Å². The van der Waals surface area contributed by atoms with Crippen molar-refractivity contribution in [3.8, 4) is 0 Å². The van der Waals surface area contributed by atoms with Crippen LogP contribution in [0.3, 0.4) is 0 Å².